The third-order valence-corrected chi connectivity index (χ3v) is 13.7. The van der Waals surface area contributed by atoms with E-state index in [0.717, 1.165) is 78.5 Å². The molecular weight excluding hydrogens is 841 g/mol. The van der Waals surface area contributed by atoms with Crippen LogP contribution in [-0.4, -0.2) is 28.7 Å². The molecule has 0 saturated heterocycles. The SMILES string of the molecule is c1ccc(-c2cc(-c3ccc(-c4cc(-n5c6ccccc6c6ccccc65)cc(-n5c6ccccc6c6cc(-n7c8ccccc8c8ccccc87)ccc65)c4)nc3)nc(-c3ccccc3)n2)cc1. The molecule has 0 unspecified atom stereocenters. The molecule has 6 heteroatoms. The molecule has 0 saturated carbocycles. The fraction of sp³-hybridized carbons (Fsp3) is 0. The summed E-state index contributed by atoms with van der Waals surface area (Å²) in [5.74, 6) is 0.674. The number of aromatic nitrogens is 6. The van der Waals surface area contributed by atoms with Crippen molar-refractivity contribution >= 4 is 65.4 Å². The second kappa shape index (κ2) is 15.6. The molecule has 0 bridgehead atoms. The Balaban J connectivity index is 0.969. The smallest absolute Gasteiger partial charge is 0.160 e. The van der Waals surface area contributed by atoms with Crippen LogP contribution in [0.15, 0.2) is 243 Å². The van der Waals surface area contributed by atoms with Gasteiger partial charge in [0.25, 0.3) is 0 Å². The second-order valence-corrected chi connectivity index (χ2v) is 17.7. The predicted octanol–water partition coefficient (Wildman–Crippen LogP) is 15.8. The zero-order chi connectivity index (χ0) is 45.4. The third kappa shape index (κ3) is 6.30. The molecule has 5 aromatic heterocycles. The molecule has 6 nitrogen and oxygen atoms in total. The fourth-order valence-electron chi connectivity index (χ4n) is 10.6. The number of benzene rings is 9. The number of hydrogen-bond acceptors (Lipinski definition) is 3. The van der Waals surface area contributed by atoms with Gasteiger partial charge < -0.3 is 13.7 Å². The van der Waals surface area contributed by atoms with Crippen molar-refractivity contribution in [2.45, 2.75) is 0 Å². The Morgan fingerprint density at radius 3 is 1.16 bits per heavy atom. The van der Waals surface area contributed by atoms with Crippen LogP contribution in [0.3, 0.4) is 0 Å². The van der Waals surface area contributed by atoms with E-state index in [4.69, 9.17) is 15.0 Å². The zero-order valence-electron chi connectivity index (χ0n) is 37.3. The fourth-order valence-corrected chi connectivity index (χ4v) is 10.6. The summed E-state index contributed by atoms with van der Waals surface area (Å²) in [6.07, 6.45) is 1.95. The average Bonchev–Trinajstić information content (AvgIpc) is 4.07. The molecule has 0 amide bonds. The van der Waals surface area contributed by atoms with Gasteiger partial charge in [0.15, 0.2) is 5.82 Å². The maximum absolute atomic E-state index is 5.23. The zero-order valence-corrected chi connectivity index (χ0v) is 37.3. The minimum Gasteiger partial charge on any atom is -0.309 e. The van der Waals surface area contributed by atoms with Gasteiger partial charge in [0.05, 0.1) is 50.2 Å². The van der Waals surface area contributed by atoms with Crippen LogP contribution < -0.4 is 0 Å². The molecule has 69 heavy (non-hydrogen) atoms. The van der Waals surface area contributed by atoms with Crippen LogP contribution in [-0.2, 0) is 0 Å². The van der Waals surface area contributed by atoms with Gasteiger partial charge in [-0.05, 0) is 84.9 Å². The molecule has 0 radical (unpaired) electrons. The topological polar surface area (TPSA) is 53.5 Å². The van der Waals surface area contributed by atoms with Gasteiger partial charge in [-0.2, -0.15) is 0 Å². The van der Waals surface area contributed by atoms with Crippen LogP contribution in [0.2, 0.25) is 0 Å². The highest BCUT2D eigenvalue weighted by atomic mass is 15.0. The third-order valence-electron chi connectivity index (χ3n) is 13.7. The summed E-state index contributed by atoms with van der Waals surface area (Å²) in [5.41, 5.74) is 16.6. The molecule has 0 N–H and O–H groups in total. The Hall–Kier alpha value is -9.39. The molecule has 5 heterocycles. The van der Waals surface area contributed by atoms with Gasteiger partial charge in [-0.15, -0.1) is 0 Å². The summed E-state index contributed by atoms with van der Waals surface area (Å²) in [6, 6.07) is 84.2. The van der Waals surface area contributed by atoms with E-state index < -0.39 is 0 Å². The minimum absolute atomic E-state index is 0.674. The van der Waals surface area contributed by atoms with Gasteiger partial charge in [-0.3, -0.25) is 4.98 Å². The second-order valence-electron chi connectivity index (χ2n) is 17.7. The van der Waals surface area contributed by atoms with Crippen molar-refractivity contribution in [2.75, 3.05) is 0 Å². The maximum Gasteiger partial charge on any atom is 0.160 e. The van der Waals surface area contributed by atoms with E-state index >= 15 is 0 Å². The van der Waals surface area contributed by atoms with Crippen molar-refractivity contribution in [3.05, 3.63) is 243 Å². The number of pyridine rings is 1. The van der Waals surface area contributed by atoms with Crippen molar-refractivity contribution in [1.29, 1.82) is 0 Å². The van der Waals surface area contributed by atoms with Gasteiger partial charge in [-0.1, -0.05) is 152 Å². The molecule has 14 rings (SSSR count). The van der Waals surface area contributed by atoms with E-state index in [1.54, 1.807) is 0 Å². The summed E-state index contributed by atoms with van der Waals surface area (Å²) in [7, 11) is 0. The predicted molar refractivity (Wildman–Crippen MR) is 285 cm³/mol. The summed E-state index contributed by atoms with van der Waals surface area (Å²) < 4.78 is 7.23. The molecule has 0 fully saturated rings. The first kappa shape index (κ1) is 38.8. The van der Waals surface area contributed by atoms with Gasteiger partial charge in [0.1, 0.15) is 0 Å². The molecular formula is C63H40N6. The lowest BCUT2D eigenvalue weighted by Crippen LogP contribution is -2.01. The van der Waals surface area contributed by atoms with E-state index in [9.17, 15) is 0 Å². The van der Waals surface area contributed by atoms with Crippen molar-refractivity contribution < 1.29 is 0 Å². The van der Waals surface area contributed by atoms with Crippen LogP contribution in [0, 0.1) is 0 Å². The standard InChI is InChI=1S/C63H40N6/c1-3-17-41(18-4-1)55-39-56(66-63(65-55)42-19-5-2-6-20-42)43-31-33-54(64-40-43)44-35-46(68-59-28-14-9-23-50(59)51-24-10-15-29-60(51)68)37-47(36-44)69-61-30-16-11-25-52(61)53-38-45(32-34-62(53)69)67-57-26-12-7-21-48(57)49-22-8-13-27-58(49)67/h1-40H. The normalized spacial score (nSPS) is 11.8. The molecule has 0 atom stereocenters. The van der Waals surface area contributed by atoms with Crippen molar-refractivity contribution in [2.24, 2.45) is 0 Å². The van der Waals surface area contributed by atoms with E-state index in [1.807, 2.05) is 42.6 Å². The Labute approximate surface area is 397 Å². The molecule has 9 aromatic carbocycles. The summed E-state index contributed by atoms with van der Waals surface area (Å²) in [6.45, 7) is 0. The number of rotatable bonds is 7. The molecule has 0 spiro atoms. The summed E-state index contributed by atoms with van der Waals surface area (Å²) in [5, 5.41) is 7.30. The van der Waals surface area contributed by atoms with Crippen molar-refractivity contribution in [3.63, 3.8) is 0 Å². The number of hydrogen-bond donors (Lipinski definition) is 0. The lowest BCUT2D eigenvalue weighted by atomic mass is 10.1. The summed E-state index contributed by atoms with van der Waals surface area (Å²) >= 11 is 0. The monoisotopic (exact) mass is 880 g/mol. The van der Waals surface area contributed by atoms with Crippen LogP contribution in [0.1, 0.15) is 0 Å². The van der Waals surface area contributed by atoms with Gasteiger partial charge in [-0.25, -0.2) is 9.97 Å². The molecule has 0 aliphatic heterocycles. The lowest BCUT2D eigenvalue weighted by molar-refractivity contribution is 1.13. The van der Waals surface area contributed by atoms with Crippen LogP contribution in [0.5, 0.6) is 0 Å². The average molecular weight is 881 g/mol. The number of fused-ring (bicyclic) bond motifs is 9. The molecule has 0 aliphatic rings. The Kier molecular flexibility index (Phi) is 8.79. The lowest BCUT2D eigenvalue weighted by Gasteiger charge is -2.16. The highest BCUT2D eigenvalue weighted by Gasteiger charge is 2.20. The van der Waals surface area contributed by atoms with Crippen LogP contribution >= 0.6 is 0 Å². The first-order valence-electron chi connectivity index (χ1n) is 23.3. The first-order chi connectivity index (χ1) is 34.2. The van der Waals surface area contributed by atoms with Crippen molar-refractivity contribution in [3.8, 4) is 62.2 Å². The van der Waals surface area contributed by atoms with E-state index in [2.05, 4.69) is 214 Å². The highest BCUT2D eigenvalue weighted by Crippen LogP contribution is 2.40. The van der Waals surface area contributed by atoms with Gasteiger partial charge >= 0.3 is 0 Å². The first-order valence-corrected chi connectivity index (χ1v) is 23.3. The van der Waals surface area contributed by atoms with E-state index in [-0.39, 0.29) is 0 Å². The minimum atomic E-state index is 0.674. The Morgan fingerprint density at radius 1 is 0.246 bits per heavy atom. The van der Waals surface area contributed by atoms with E-state index in [1.165, 1.54) is 43.4 Å². The molecule has 14 aromatic rings. The quantitative estimate of drug-likeness (QED) is 0.160. The van der Waals surface area contributed by atoms with Gasteiger partial charge in [0, 0.05) is 77.8 Å². The van der Waals surface area contributed by atoms with Crippen LogP contribution in [0.25, 0.3) is 128 Å². The van der Waals surface area contributed by atoms with Gasteiger partial charge in [0.2, 0.25) is 0 Å². The highest BCUT2D eigenvalue weighted by molar-refractivity contribution is 6.13. The largest absolute Gasteiger partial charge is 0.309 e. The van der Waals surface area contributed by atoms with Crippen molar-refractivity contribution in [1.82, 2.24) is 28.7 Å². The molecule has 0 aliphatic carbocycles. The number of nitrogens with zero attached hydrogens (tertiary/aromatic N) is 6. The van der Waals surface area contributed by atoms with E-state index in [0.29, 0.717) is 5.82 Å². The maximum atomic E-state index is 5.23. The number of para-hydroxylation sites is 5. The van der Waals surface area contributed by atoms with Crippen LogP contribution in [0.4, 0.5) is 0 Å². The Bertz CT molecular complexity index is 4130. The summed E-state index contributed by atoms with van der Waals surface area (Å²) in [4.78, 5) is 15.4. The Morgan fingerprint density at radius 2 is 0.667 bits per heavy atom. The molecule has 322 valence electrons.